The molecule has 31 heavy (non-hydrogen) atoms. The van der Waals surface area contributed by atoms with Gasteiger partial charge >= 0.3 is 6.03 Å². The minimum Gasteiger partial charge on any atom is -0.497 e. The van der Waals surface area contributed by atoms with E-state index in [1.807, 2.05) is 38.1 Å². The highest BCUT2D eigenvalue weighted by atomic mass is 16.5. The summed E-state index contributed by atoms with van der Waals surface area (Å²) in [6.07, 6.45) is -0.142. The maximum absolute atomic E-state index is 12.8. The van der Waals surface area contributed by atoms with Gasteiger partial charge in [0.2, 0.25) is 5.91 Å². The maximum Gasteiger partial charge on any atom is 0.329 e. The molecule has 0 bridgehead atoms. The Morgan fingerprint density at radius 3 is 2.06 bits per heavy atom. The van der Waals surface area contributed by atoms with Gasteiger partial charge in [-0.25, -0.2) is 9.69 Å². The summed E-state index contributed by atoms with van der Waals surface area (Å²) < 4.78 is 10.3. The summed E-state index contributed by atoms with van der Waals surface area (Å²) in [5, 5.41) is 5.58. The van der Waals surface area contributed by atoms with Gasteiger partial charge in [0.15, 0.2) is 0 Å². The lowest BCUT2D eigenvalue weighted by molar-refractivity contribution is -0.126. The number of anilines is 1. The number of nitrogens with zero attached hydrogens (tertiary/aromatic N) is 1. The number of carbonyl (C=O) groups is 3. The van der Waals surface area contributed by atoms with Crippen LogP contribution in [0, 0.1) is 5.92 Å². The van der Waals surface area contributed by atoms with E-state index in [0.29, 0.717) is 11.4 Å². The predicted molar refractivity (Wildman–Crippen MR) is 116 cm³/mol. The third-order valence-electron chi connectivity index (χ3n) is 5.20. The highest BCUT2D eigenvalue weighted by molar-refractivity contribution is 6.22. The van der Waals surface area contributed by atoms with E-state index < -0.39 is 18.0 Å². The molecule has 2 atom stereocenters. The van der Waals surface area contributed by atoms with E-state index in [9.17, 15) is 14.4 Å². The number of methoxy groups -OCH3 is 2. The summed E-state index contributed by atoms with van der Waals surface area (Å²) >= 11 is 0. The van der Waals surface area contributed by atoms with Gasteiger partial charge in [0.1, 0.15) is 17.5 Å². The number of benzene rings is 2. The second-order valence-corrected chi connectivity index (χ2v) is 7.64. The fourth-order valence-electron chi connectivity index (χ4n) is 3.51. The first-order chi connectivity index (χ1) is 14.8. The van der Waals surface area contributed by atoms with Crippen LogP contribution in [-0.2, 0) is 9.59 Å². The standard InChI is InChI=1S/C23H27N3O5/c1-14(2)21(15-5-9-17(30-3)10-6-15)25-20(27)13-19-22(28)26(23(29)24-19)16-7-11-18(31-4)12-8-16/h5-12,14,19,21H,13H2,1-4H3,(H,24,29)(H,25,27). The zero-order valence-corrected chi connectivity index (χ0v) is 18.0. The van der Waals surface area contributed by atoms with Crippen molar-refractivity contribution in [2.45, 2.75) is 32.4 Å². The number of hydrogen-bond donors (Lipinski definition) is 2. The quantitative estimate of drug-likeness (QED) is 0.634. The monoisotopic (exact) mass is 425 g/mol. The van der Waals surface area contributed by atoms with Gasteiger partial charge in [-0.1, -0.05) is 26.0 Å². The molecule has 8 heteroatoms. The third-order valence-corrected chi connectivity index (χ3v) is 5.20. The van der Waals surface area contributed by atoms with Crippen LogP contribution in [0.25, 0.3) is 0 Å². The molecule has 2 unspecified atom stereocenters. The van der Waals surface area contributed by atoms with Crippen molar-refractivity contribution in [1.82, 2.24) is 10.6 Å². The lowest BCUT2D eigenvalue weighted by Crippen LogP contribution is -2.39. The fourth-order valence-corrected chi connectivity index (χ4v) is 3.51. The first kappa shape index (κ1) is 22.1. The van der Waals surface area contributed by atoms with Crippen molar-refractivity contribution >= 4 is 23.5 Å². The lowest BCUT2D eigenvalue weighted by Gasteiger charge is -2.23. The minimum atomic E-state index is -0.918. The molecule has 0 aromatic heterocycles. The van der Waals surface area contributed by atoms with Crippen LogP contribution in [0.3, 0.4) is 0 Å². The van der Waals surface area contributed by atoms with E-state index in [2.05, 4.69) is 10.6 Å². The summed E-state index contributed by atoms with van der Waals surface area (Å²) in [7, 11) is 3.13. The molecule has 1 fully saturated rings. The Balaban J connectivity index is 1.67. The van der Waals surface area contributed by atoms with E-state index in [0.717, 1.165) is 16.2 Å². The Kier molecular flexibility index (Phi) is 6.79. The Morgan fingerprint density at radius 1 is 1.00 bits per heavy atom. The van der Waals surface area contributed by atoms with Crippen molar-refractivity contribution in [3.8, 4) is 11.5 Å². The normalized spacial score (nSPS) is 16.8. The van der Waals surface area contributed by atoms with Crippen LogP contribution >= 0.6 is 0 Å². The van der Waals surface area contributed by atoms with Crippen LogP contribution in [-0.4, -0.2) is 38.1 Å². The molecule has 164 valence electrons. The van der Waals surface area contributed by atoms with E-state index in [1.54, 1.807) is 31.4 Å². The summed E-state index contributed by atoms with van der Waals surface area (Å²) in [4.78, 5) is 38.9. The number of imide groups is 1. The molecule has 1 heterocycles. The Bertz CT molecular complexity index is 941. The van der Waals surface area contributed by atoms with Gasteiger partial charge in [-0.3, -0.25) is 9.59 Å². The van der Waals surface area contributed by atoms with Crippen LogP contribution in [0.1, 0.15) is 31.9 Å². The van der Waals surface area contributed by atoms with Crippen LogP contribution in [0.15, 0.2) is 48.5 Å². The number of rotatable bonds is 8. The molecule has 0 saturated carbocycles. The largest absolute Gasteiger partial charge is 0.497 e. The van der Waals surface area contributed by atoms with E-state index in [4.69, 9.17) is 9.47 Å². The molecule has 2 aromatic rings. The molecule has 0 spiro atoms. The smallest absolute Gasteiger partial charge is 0.329 e. The average molecular weight is 425 g/mol. The van der Waals surface area contributed by atoms with Crippen molar-refractivity contribution in [3.63, 3.8) is 0 Å². The second kappa shape index (κ2) is 9.51. The molecule has 4 amide bonds. The van der Waals surface area contributed by atoms with E-state index >= 15 is 0 Å². The molecule has 0 radical (unpaired) electrons. The van der Waals surface area contributed by atoms with Crippen molar-refractivity contribution in [3.05, 3.63) is 54.1 Å². The van der Waals surface area contributed by atoms with E-state index in [-0.39, 0.29) is 24.3 Å². The molecule has 2 N–H and O–H groups in total. The highest BCUT2D eigenvalue weighted by Crippen LogP contribution is 2.26. The maximum atomic E-state index is 12.8. The summed E-state index contributed by atoms with van der Waals surface area (Å²) in [5.41, 5.74) is 1.36. The van der Waals surface area contributed by atoms with E-state index in [1.165, 1.54) is 7.11 Å². The number of amides is 4. The zero-order valence-electron chi connectivity index (χ0n) is 18.0. The van der Waals surface area contributed by atoms with Gasteiger partial charge in [0.25, 0.3) is 5.91 Å². The van der Waals surface area contributed by atoms with Crippen LogP contribution in [0.2, 0.25) is 0 Å². The average Bonchev–Trinajstić information content (AvgIpc) is 3.04. The van der Waals surface area contributed by atoms with Gasteiger partial charge in [0.05, 0.1) is 32.4 Å². The first-order valence-electron chi connectivity index (χ1n) is 10.1. The van der Waals surface area contributed by atoms with Crippen molar-refractivity contribution in [2.24, 2.45) is 5.92 Å². The summed E-state index contributed by atoms with van der Waals surface area (Å²) in [5.74, 6) is 0.697. The molecule has 8 nitrogen and oxygen atoms in total. The number of urea groups is 1. The summed E-state index contributed by atoms with van der Waals surface area (Å²) in [6.45, 7) is 4.01. The van der Waals surface area contributed by atoms with Crippen LogP contribution in [0.5, 0.6) is 11.5 Å². The number of carbonyl (C=O) groups excluding carboxylic acids is 3. The highest BCUT2D eigenvalue weighted by Gasteiger charge is 2.40. The van der Waals surface area contributed by atoms with Crippen LogP contribution in [0.4, 0.5) is 10.5 Å². The lowest BCUT2D eigenvalue weighted by atomic mass is 9.95. The van der Waals surface area contributed by atoms with Gasteiger partial charge < -0.3 is 20.1 Å². The number of ether oxygens (including phenoxy) is 2. The van der Waals surface area contributed by atoms with Crippen molar-refractivity contribution in [1.29, 1.82) is 0 Å². The Labute approximate surface area is 181 Å². The molecule has 1 saturated heterocycles. The first-order valence-corrected chi connectivity index (χ1v) is 10.1. The van der Waals surface area contributed by atoms with Gasteiger partial charge in [-0.05, 0) is 47.9 Å². The topological polar surface area (TPSA) is 97.0 Å². The van der Waals surface area contributed by atoms with Crippen LogP contribution < -0.4 is 25.0 Å². The molecule has 3 rings (SSSR count). The van der Waals surface area contributed by atoms with Crippen molar-refractivity contribution < 1.29 is 23.9 Å². The Morgan fingerprint density at radius 2 is 1.55 bits per heavy atom. The number of hydrogen-bond acceptors (Lipinski definition) is 5. The van der Waals surface area contributed by atoms with Gasteiger partial charge in [0, 0.05) is 0 Å². The molecule has 0 aliphatic carbocycles. The third kappa shape index (κ3) is 4.96. The summed E-state index contributed by atoms with van der Waals surface area (Å²) in [6, 6.07) is 12.3. The molecular weight excluding hydrogens is 398 g/mol. The Hall–Kier alpha value is -3.55. The molecule has 1 aliphatic rings. The van der Waals surface area contributed by atoms with Gasteiger partial charge in [-0.15, -0.1) is 0 Å². The molecule has 2 aromatic carbocycles. The fraction of sp³-hybridized carbons (Fsp3) is 0.348. The minimum absolute atomic E-state index is 0.127. The van der Waals surface area contributed by atoms with Gasteiger partial charge in [-0.2, -0.15) is 0 Å². The SMILES string of the molecule is COc1ccc(C(NC(=O)CC2NC(=O)N(c3ccc(OC)cc3)C2=O)C(C)C)cc1. The molecule has 1 aliphatic heterocycles. The van der Waals surface area contributed by atoms with Crippen molar-refractivity contribution in [2.75, 3.05) is 19.1 Å². The number of nitrogens with one attached hydrogen (secondary N) is 2. The second-order valence-electron chi connectivity index (χ2n) is 7.64. The molecular formula is C23H27N3O5. The predicted octanol–water partition coefficient (Wildman–Crippen LogP) is 3.03. The zero-order chi connectivity index (χ0) is 22.5.